The zero-order chi connectivity index (χ0) is 16.3. The van der Waals surface area contributed by atoms with Gasteiger partial charge in [0.2, 0.25) is 0 Å². The van der Waals surface area contributed by atoms with Crippen LogP contribution in [0.25, 0.3) is 0 Å². The van der Waals surface area contributed by atoms with Crippen molar-refractivity contribution in [1.29, 1.82) is 0 Å². The molecule has 0 unspecified atom stereocenters. The monoisotopic (exact) mass is 345 g/mol. The van der Waals surface area contributed by atoms with E-state index in [1.54, 1.807) is 6.07 Å². The summed E-state index contributed by atoms with van der Waals surface area (Å²) in [4.78, 5) is -0.233. The minimum Gasteiger partial charge on any atom is -0.307 e. The summed E-state index contributed by atoms with van der Waals surface area (Å²) in [5.74, 6) is 0.477. The third kappa shape index (κ3) is 4.46. The second-order valence-corrected chi connectivity index (χ2v) is 9.50. The van der Waals surface area contributed by atoms with Gasteiger partial charge in [0, 0.05) is 23.6 Å². The third-order valence-electron chi connectivity index (χ3n) is 4.13. The summed E-state index contributed by atoms with van der Waals surface area (Å²) in [6.07, 6.45) is 4.54. The van der Waals surface area contributed by atoms with Gasteiger partial charge >= 0.3 is 0 Å². The second-order valence-electron chi connectivity index (χ2n) is 5.94. The molecule has 0 radical (unpaired) electrons. The summed E-state index contributed by atoms with van der Waals surface area (Å²) in [6.45, 7) is 4.18. The maximum atomic E-state index is 14.0. The molecule has 1 N–H and O–H groups in total. The average Bonchev–Trinajstić information content (AvgIpc) is 2.85. The van der Waals surface area contributed by atoms with Gasteiger partial charge < -0.3 is 5.32 Å². The van der Waals surface area contributed by atoms with Crippen LogP contribution in [0.2, 0.25) is 0 Å². The van der Waals surface area contributed by atoms with Crippen LogP contribution >= 0.6 is 11.8 Å². The molecule has 22 heavy (non-hydrogen) atoms. The van der Waals surface area contributed by atoms with Crippen molar-refractivity contribution < 1.29 is 12.8 Å². The number of rotatable bonds is 6. The van der Waals surface area contributed by atoms with E-state index in [4.69, 9.17) is 0 Å². The van der Waals surface area contributed by atoms with Crippen molar-refractivity contribution in [2.45, 2.75) is 55.3 Å². The van der Waals surface area contributed by atoms with Crippen molar-refractivity contribution >= 4 is 21.6 Å². The van der Waals surface area contributed by atoms with Gasteiger partial charge in [-0.1, -0.05) is 13.0 Å². The Morgan fingerprint density at radius 3 is 2.73 bits per heavy atom. The lowest BCUT2D eigenvalue weighted by Gasteiger charge is -2.20. The van der Waals surface area contributed by atoms with Crippen LogP contribution in [0.4, 0.5) is 4.39 Å². The molecule has 0 bridgehead atoms. The summed E-state index contributed by atoms with van der Waals surface area (Å²) in [5, 5.41) is 4.26. The predicted octanol–water partition coefficient (Wildman–Crippen LogP) is 3.55. The van der Waals surface area contributed by atoms with E-state index in [-0.39, 0.29) is 10.9 Å². The smallest absolute Gasteiger partial charge is 0.178 e. The largest absolute Gasteiger partial charge is 0.307 e. The minimum atomic E-state index is -3.51. The fraction of sp³-hybridized carbons (Fsp3) is 0.625. The molecule has 3 nitrogen and oxygen atoms in total. The average molecular weight is 346 g/mol. The van der Waals surface area contributed by atoms with Crippen molar-refractivity contribution in [2.75, 3.05) is 12.0 Å². The molecule has 1 fully saturated rings. The maximum absolute atomic E-state index is 14.0. The second kappa shape index (κ2) is 7.32. The highest BCUT2D eigenvalue weighted by molar-refractivity contribution is 7.99. The number of hydrogen-bond donors (Lipinski definition) is 1. The summed E-state index contributed by atoms with van der Waals surface area (Å²) in [5.41, 5.74) is 0.788. The maximum Gasteiger partial charge on any atom is 0.178 e. The minimum absolute atomic E-state index is 0.0125. The van der Waals surface area contributed by atoms with Crippen LogP contribution in [0.15, 0.2) is 23.1 Å². The Balaban J connectivity index is 2.02. The lowest BCUT2D eigenvalue weighted by molar-refractivity contribution is 0.459. The molecule has 0 aliphatic heterocycles. The fourth-order valence-electron chi connectivity index (χ4n) is 3.02. The first-order valence-corrected chi connectivity index (χ1v) is 10.6. The van der Waals surface area contributed by atoms with Crippen molar-refractivity contribution in [3.05, 3.63) is 29.6 Å². The van der Waals surface area contributed by atoms with Gasteiger partial charge in [0.15, 0.2) is 9.84 Å². The first-order valence-electron chi connectivity index (χ1n) is 7.68. The quantitative estimate of drug-likeness (QED) is 0.856. The van der Waals surface area contributed by atoms with Gasteiger partial charge in [-0.3, -0.25) is 0 Å². The van der Waals surface area contributed by atoms with Gasteiger partial charge in [-0.15, -0.1) is 0 Å². The number of hydrogen-bond acceptors (Lipinski definition) is 4. The van der Waals surface area contributed by atoms with Crippen LogP contribution in [0.1, 0.15) is 44.7 Å². The molecular weight excluding hydrogens is 321 g/mol. The number of thioether (sulfide) groups is 1. The fourth-order valence-corrected chi connectivity index (χ4v) is 4.89. The van der Waals surface area contributed by atoms with Gasteiger partial charge in [-0.05, 0) is 49.6 Å². The molecular formula is C16H24FNO2S2. The zero-order valence-corrected chi connectivity index (χ0v) is 14.9. The SMILES string of the molecule is CCS[C@@H]1CC[C@@H](N[C@@H](C)c2ccc(S(C)(=O)=O)c(F)c2)C1. The molecule has 1 aromatic rings. The Morgan fingerprint density at radius 1 is 1.41 bits per heavy atom. The molecule has 1 aromatic carbocycles. The molecule has 6 heteroatoms. The molecule has 0 heterocycles. The topological polar surface area (TPSA) is 46.2 Å². The number of benzene rings is 1. The highest BCUT2D eigenvalue weighted by Crippen LogP contribution is 2.31. The molecule has 0 aromatic heterocycles. The van der Waals surface area contributed by atoms with E-state index in [0.717, 1.165) is 35.7 Å². The number of halogens is 1. The highest BCUT2D eigenvalue weighted by Gasteiger charge is 2.26. The Labute approximate surface area is 137 Å². The Morgan fingerprint density at radius 2 is 2.14 bits per heavy atom. The lowest BCUT2D eigenvalue weighted by Crippen LogP contribution is -2.29. The van der Waals surface area contributed by atoms with Gasteiger partial charge in [0.1, 0.15) is 10.7 Å². The van der Waals surface area contributed by atoms with Crippen molar-refractivity contribution in [1.82, 2.24) is 5.32 Å². The summed E-state index contributed by atoms with van der Waals surface area (Å²) in [7, 11) is -3.51. The van der Waals surface area contributed by atoms with Crippen LogP contribution in [0.3, 0.4) is 0 Å². The zero-order valence-electron chi connectivity index (χ0n) is 13.3. The molecule has 124 valence electrons. The molecule has 0 amide bonds. The van der Waals surface area contributed by atoms with Crippen molar-refractivity contribution in [3.8, 4) is 0 Å². The Hall–Kier alpha value is -0.590. The van der Waals surface area contributed by atoms with Crippen molar-refractivity contribution in [2.24, 2.45) is 0 Å². The van der Waals surface area contributed by atoms with E-state index in [1.165, 1.54) is 18.6 Å². The van der Waals surface area contributed by atoms with E-state index in [0.29, 0.717) is 6.04 Å². The molecule has 3 atom stereocenters. The molecule has 1 aliphatic carbocycles. The summed E-state index contributed by atoms with van der Waals surface area (Å²) in [6, 6.07) is 4.86. The van der Waals surface area contributed by atoms with Crippen LogP contribution in [0.5, 0.6) is 0 Å². The standard InChI is InChI=1S/C16H24FNO2S2/c1-4-21-14-7-6-13(10-14)18-11(2)12-5-8-16(15(17)9-12)22(3,19)20/h5,8-9,11,13-14,18H,4,6-7,10H2,1-3H3/t11-,13+,14+/m0/s1. The van der Waals surface area contributed by atoms with Crippen molar-refractivity contribution in [3.63, 3.8) is 0 Å². The Bertz CT molecular complexity index is 619. The predicted molar refractivity (Wildman–Crippen MR) is 90.6 cm³/mol. The molecule has 1 saturated carbocycles. The molecule has 0 spiro atoms. The van der Waals surface area contributed by atoms with Gasteiger partial charge in [-0.25, -0.2) is 12.8 Å². The van der Waals surface area contributed by atoms with Gasteiger partial charge in [0.05, 0.1) is 0 Å². The van der Waals surface area contributed by atoms with E-state index in [1.807, 2.05) is 18.7 Å². The summed E-state index contributed by atoms with van der Waals surface area (Å²) < 4.78 is 36.9. The van der Waals surface area contributed by atoms with Crippen LogP contribution in [0, 0.1) is 5.82 Å². The van der Waals surface area contributed by atoms with E-state index in [9.17, 15) is 12.8 Å². The van der Waals surface area contributed by atoms with Gasteiger partial charge in [0.25, 0.3) is 0 Å². The van der Waals surface area contributed by atoms with E-state index < -0.39 is 15.7 Å². The Kier molecular flexibility index (Phi) is 5.91. The highest BCUT2D eigenvalue weighted by atomic mass is 32.2. The van der Waals surface area contributed by atoms with Gasteiger partial charge in [-0.2, -0.15) is 11.8 Å². The number of nitrogens with one attached hydrogen (secondary N) is 1. The third-order valence-corrected chi connectivity index (χ3v) is 6.49. The normalized spacial score (nSPS) is 23.6. The molecule has 1 aliphatic rings. The molecule has 2 rings (SSSR count). The van der Waals surface area contributed by atoms with E-state index in [2.05, 4.69) is 12.2 Å². The number of sulfone groups is 1. The molecule has 0 saturated heterocycles. The van der Waals surface area contributed by atoms with Crippen LogP contribution in [-0.4, -0.2) is 31.7 Å². The summed E-state index contributed by atoms with van der Waals surface area (Å²) >= 11 is 2.01. The van der Waals surface area contributed by atoms with E-state index >= 15 is 0 Å². The lowest BCUT2D eigenvalue weighted by atomic mass is 10.1. The first kappa shape index (κ1) is 17.8. The van der Waals surface area contributed by atoms with Crippen LogP contribution < -0.4 is 5.32 Å². The first-order chi connectivity index (χ1) is 10.3. The van der Waals surface area contributed by atoms with Crippen LogP contribution in [-0.2, 0) is 9.84 Å².